The Morgan fingerprint density at radius 1 is 1.47 bits per heavy atom. The van der Waals surface area contributed by atoms with Gasteiger partial charge in [-0.3, -0.25) is 11.3 Å². The Kier molecular flexibility index (Phi) is 3.97. The molecule has 7 heteroatoms. The Morgan fingerprint density at radius 3 is 2.88 bits per heavy atom. The standard InChI is InChI=1S/C10H13N5OS/c1-16-9-3-2-7(14-15-9)8(13-11)6-10-12-4-5-17-10/h2-5,8,13H,6,11H2,1H3. The Bertz CT molecular complexity index is 444. The number of hydrogen-bond donors (Lipinski definition) is 2. The number of hydrazine groups is 1. The van der Waals surface area contributed by atoms with E-state index in [2.05, 4.69) is 20.6 Å². The molecule has 3 N–H and O–H groups in total. The van der Waals surface area contributed by atoms with Crippen molar-refractivity contribution in [1.29, 1.82) is 0 Å². The van der Waals surface area contributed by atoms with Gasteiger partial charge in [0, 0.05) is 24.1 Å². The van der Waals surface area contributed by atoms with Crippen molar-refractivity contribution < 1.29 is 4.74 Å². The monoisotopic (exact) mass is 251 g/mol. The van der Waals surface area contributed by atoms with Gasteiger partial charge in [-0.15, -0.1) is 16.4 Å². The molecule has 90 valence electrons. The van der Waals surface area contributed by atoms with Gasteiger partial charge in [-0.1, -0.05) is 0 Å². The Balaban J connectivity index is 2.11. The first-order valence-corrected chi connectivity index (χ1v) is 5.93. The maximum atomic E-state index is 5.52. The van der Waals surface area contributed by atoms with Gasteiger partial charge in [0.1, 0.15) is 0 Å². The minimum atomic E-state index is -0.0976. The van der Waals surface area contributed by atoms with Gasteiger partial charge in [-0.25, -0.2) is 4.98 Å². The molecule has 1 unspecified atom stereocenters. The molecular formula is C10H13N5OS. The summed E-state index contributed by atoms with van der Waals surface area (Å²) >= 11 is 1.59. The van der Waals surface area contributed by atoms with Crippen LogP contribution in [-0.2, 0) is 6.42 Å². The van der Waals surface area contributed by atoms with Crippen molar-refractivity contribution in [3.8, 4) is 5.88 Å². The first-order valence-electron chi connectivity index (χ1n) is 5.05. The van der Waals surface area contributed by atoms with Crippen LogP contribution < -0.4 is 16.0 Å². The van der Waals surface area contributed by atoms with Gasteiger partial charge in [-0.2, -0.15) is 5.10 Å². The summed E-state index contributed by atoms with van der Waals surface area (Å²) in [6.07, 6.45) is 2.46. The predicted octanol–water partition coefficient (Wildman–Crippen LogP) is 0.689. The van der Waals surface area contributed by atoms with Crippen LogP contribution in [0.4, 0.5) is 0 Å². The maximum Gasteiger partial charge on any atom is 0.233 e. The topological polar surface area (TPSA) is 86.0 Å². The van der Waals surface area contributed by atoms with Gasteiger partial charge in [0.05, 0.1) is 23.9 Å². The van der Waals surface area contributed by atoms with Crippen LogP contribution >= 0.6 is 11.3 Å². The van der Waals surface area contributed by atoms with Crippen LogP contribution in [0, 0.1) is 0 Å². The number of ether oxygens (including phenoxy) is 1. The van der Waals surface area contributed by atoms with E-state index in [4.69, 9.17) is 10.6 Å². The van der Waals surface area contributed by atoms with Crippen molar-refractivity contribution in [1.82, 2.24) is 20.6 Å². The van der Waals surface area contributed by atoms with E-state index in [0.29, 0.717) is 12.3 Å². The van der Waals surface area contributed by atoms with E-state index in [1.54, 1.807) is 30.7 Å². The molecule has 0 amide bonds. The second-order valence-corrected chi connectivity index (χ2v) is 4.33. The van der Waals surface area contributed by atoms with E-state index >= 15 is 0 Å². The molecule has 0 aliphatic rings. The number of nitrogens with zero attached hydrogens (tertiary/aromatic N) is 3. The lowest BCUT2D eigenvalue weighted by Crippen LogP contribution is -2.30. The predicted molar refractivity (Wildman–Crippen MR) is 64.5 cm³/mol. The van der Waals surface area contributed by atoms with Crippen LogP contribution in [-0.4, -0.2) is 22.3 Å². The van der Waals surface area contributed by atoms with Crippen molar-refractivity contribution in [2.24, 2.45) is 5.84 Å². The maximum absolute atomic E-state index is 5.52. The summed E-state index contributed by atoms with van der Waals surface area (Å²) in [6, 6.07) is 3.50. The van der Waals surface area contributed by atoms with Crippen LogP contribution in [0.3, 0.4) is 0 Å². The average Bonchev–Trinajstić information content (AvgIpc) is 2.89. The summed E-state index contributed by atoms with van der Waals surface area (Å²) in [5.74, 6) is 6.00. The van der Waals surface area contributed by atoms with Crippen molar-refractivity contribution >= 4 is 11.3 Å². The van der Waals surface area contributed by atoms with Crippen molar-refractivity contribution in [3.05, 3.63) is 34.4 Å². The van der Waals surface area contributed by atoms with Crippen molar-refractivity contribution in [2.45, 2.75) is 12.5 Å². The molecular weight excluding hydrogens is 238 g/mol. The second kappa shape index (κ2) is 5.67. The van der Waals surface area contributed by atoms with Gasteiger partial charge < -0.3 is 4.74 Å². The van der Waals surface area contributed by atoms with E-state index in [-0.39, 0.29) is 6.04 Å². The van der Waals surface area contributed by atoms with Gasteiger partial charge in [0.15, 0.2) is 0 Å². The first kappa shape index (κ1) is 11.9. The minimum Gasteiger partial charge on any atom is -0.480 e. The molecule has 0 radical (unpaired) electrons. The molecule has 2 aromatic heterocycles. The molecule has 2 rings (SSSR count). The highest BCUT2D eigenvalue weighted by molar-refractivity contribution is 7.09. The molecule has 2 heterocycles. The molecule has 0 aliphatic carbocycles. The van der Waals surface area contributed by atoms with Gasteiger partial charge in [0.2, 0.25) is 5.88 Å². The zero-order valence-electron chi connectivity index (χ0n) is 9.33. The highest BCUT2D eigenvalue weighted by Crippen LogP contribution is 2.17. The fraction of sp³-hybridized carbons (Fsp3) is 0.300. The normalized spacial score (nSPS) is 12.4. The SMILES string of the molecule is COc1ccc(C(Cc2nccs2)NN)nn1. The Hall–Kier alpha value is -1.57. The van der Waals surface area contributed by atoms with E-state index in [1.165, 1.54) is 0 Å². The smallest absolute Gasteiger partial charge is 0.233 e. The largest absolute Gasteiger partial charge is 0.480 e. The molecule has 0 spiro atoms. The van der Waals surface area contributed by atoms with E-state index in [0.717, 1.165) is 10.7 Å². The number of rotatable bonds is 5. The molecule has 2 aromatic rings. The lowest BCUT2D eigenvalue weighted by molar-refractivity contribution is 0.389. The zero-order valence-corrected chi connectivity index (χ0v) is 10.1. The molecule has 17 heavy (non-hydrogen) atoms. The molecule has 1 atom stereocenters. The van der Waals surface area contributed by atoms with Crippen LogP contribution in [0.25, 0.3) is 0 Å². The molecule has 0 bridgehead atoms. The summed E-state index contributed by atoms with van der Waals surface area (Å²) in [4.78, 5) is 4.21. The summed E-state index contributed by atoms with van der Waals surface area (Å²) in [5.41, 5.74) is 3.48. The number of thiazole rings is 1. The highest BCUT2D eigenvalue weighted by atomic mass is 32.1. The molecule has 0 aliphatic heterocycles. The lowest BCUT2D eigenvalue weighted by Gasteiger charge is -2.13. The zero-order chi connectivity index (χ0) is 12.1. The number of methoxy groups -OCH3 is 1. The molecule has 0 fully saturated rings. The first-order chi connectivity index (χ1) is 8.33. The molecule has 0 aromatic carbocycles. The lowest BCUT2D eigenvalue weighted by atomic mass is 10.1. The molecule has 0 saturated heterocycles. The summed E-state index contributed by atoms with van der Waals surface area (Å²) < 4.78 is 4.95. The Labute approximate surface area is 103 Å². The minimum absolute atomic E-state index is 0.0976. The van der Waals surface area contributed by atoms with Crippen LogP contribution in [0.15, 0.2) is 23.7 Å². The average molecular weight is 251 g/mol. The number of aromatic nitrogens is 3. The van der Waals surface area contributed by atoms with Crippen molar-refractivity contribution in [2.75, 3.05) is 7.11 Å². The van der Waals surface area contributed by atoms with E-state index in [1.807, 2.05) is 11.4 Å². The van der Waals surface area contributed by atoms with Gasteiger partial charge in [0.25, 0.3) is 0 Å². The summed E-state index contributed by atoms with van der Waals surface area (Å²) in [7, 11) is 1.55. The summed E-state index contributed by atoms with van der Waals surface area (Å²) in [5, 5.41) is 10.9. The fourth-order valence-corrected chi connectivity index (χ4v) is 2.07. The third kappa shape index (κ3) is 2.96. The third-order valence-corrected chi connectivity index (χ3v) is 3.09. The highest BCUT2D eigenvalue weighted by Gasteiger charge is 2.14. The second-order valence-electron chi connectivity index (χ2n) is 3.35. The number of hydrogen-bond acceptors (Lipinski definition) is 7. The van der Waals surface area contributed by atoms with Crippen LogP contribution in [0.1, 0.15) is 16.7 Å². The van der Waals surface area contributed by atoms with Gasteiger partial charge in [-0.05, 0) is 6.07 Å². The fourth-order valence-electron chi connectivity index (χ4n) is 1.40. The van der Waals surface area contributed by atoms with E-state index in [9.17, 15) is 0 Å². The Morgan fingerprint density at radius 2 is 2.35 bits per heavy atom. The van der Waals surface area contributed by atoms with Gasteiger partial charge >= 0.3 is 0 Å². The molecule has 6 nitrogen and oxygen atoms in total. The molecule has 0 saturated carbocycles. The number of nitrogens with one attached hydrogen (secondary N) is 1. The summed E-state index contributed by atoms with van der Waals surface area (Å²) in [6.45, 7) is 0. The van der Waals surface area contributed by atoms with Crippen LogP contribution in [0.2, 0.25) is 0 Å². The third-order valence-electron chi connectivity index (χ3n) is 2.29. The van der Waals surface area contributed by atoms with E-state index < -0.39 is 0 Å². The van der Waals surface area contributed by atoms with Crippen LogP contribution in [0.5, 0.6) is 5.88 Å². The quantitative estimate of drug-likeness (QED) is 0.600. The number of nitrogens with two attached hydrogens (primary N) is 1. The van der Waals surface area contributed by atoms with Crippen molar-refractivity contribution in [3.63, 3.8) is 0 Å².